The number of hydrogen-bond acceptors (Lipinski definition) is 3. The predicted octanol–water partition coefficient (Wildman–Crippen LogP) is 1.03. The highest BCUT2D eigenvalue weighted by molar-refractivity contribution is 6.07. The minimum Gasteiger partial charge on any atom is -0.490 e. The molecule has 2 N–H and O–H groups in total. The highest BCUT2D eigenvalue weighted by Crippen LogP contribution is 2.41. The number of benzene rings is 1. The van der Waals surface area contributed by atoms with Gasteiger partial charge in [-0.3, -0.25) is 10.1 Å². The zero-order valence-electron chi connectivity index (χ0n) is 9.62. The monoisotopic (exact) mass is 250 g/mol. The highest BCUT2D eigenvalue weighted by Gasteiger charge is 2.52. The number of hydrogen-bond donors (Lipinski definition) is 2. The van der Waals surface area contributed by atoms with E-state index in [4.69, 9.17) is 4.74 Å². The first kappa shape index (κ1) is 11.0. The Kier molecular flexibility index (Phi) is 2.10. The van der Waals surface area contributed by atoms with Crippen molar-refractivity contribution in [2.75, 3.05) is 0 Å². The molecule has 1 aromatic rings. The number of rotatable bonds is 0. The van der Waals surface area contributed by atoms with Crippen LogP contribution in [-0.4, -0.2) is 18.0 Å². The smallest absolute Gasteiger partial charge is 0.322 e. The Morgan fingerprint density at radius 1 is 1.44 bits per heavy atom. The van der Waals surface area contributed by atoms with Gasteiger partial charge in [-0.15, -0.1) is 0 Å². The topological polar surface area (TPSA) is 67.4 Å². The summed E-state index contributed by atoms with van der Waals surface area (Å²) in [6.07, 6.45) is 0.0354. The van der Waals surface area contributed by atoms with E-state index >= 15 is 0 Å². The minimum atomic E-state index is -1.22. The average molecular weight is 250 g/mol. The molecule has 3 rings (SSSR count). The summed E-state index contributed by atoms with van der Waals surface area (Å²) in [5.74, 6) is -0.512. The number of carbonyl (C=O) groups is 2. The normalized spacial score (nSPS) is 29.6. The van der Waals surface area contributed by atoms with Crippen molar-refractivity contribution in [2.45, 2.75) is 25.0 Å². The Labute approximate surface area is 102 Å². The molecule has 1 fully saturated rings. The van der Waals surface area contributed by atoms with E-state index in [9.17, 15) is 14.0 Å². The van der Waals surface area contributed by atoms with Crippen molar-refractivity contribution >= 4 is 11.9 Å². The fourth-order valence-electron chi connectivity index (χ4n) is 2.56. The van der Waals surface area contributed by atoms with Crippen molar-refractivity contribution in [1.82, 2.24) is 10.6 Å². The molecule has 0 radical (unpaired) electrons. The Bertz CT molecular complexity index is 560. The second kappa shape index (κ2) is 3.44. The van der Waals surface area contributed by atoms with E-state index in [0.717, 1.165) is 0 Å². The zero-order valence-corrected chi connectivity index (χ0v) is 9.62. The van der Waals surface area contributed by atoms with E-state index in [-0.39, 0.29) is 12.5 Å². The number of nitrogens with one attached hydrogen (secondary N) is 2. The van der Waals surface area contributed by atoms with Crippen LogP contribution in [0.5, 0.6) is 5.75 Å². The second-order valence-electron chi connectivity index (χ2n) is 4.59. The first-order valence-corrected chi connectivity index (χ1v) is 5.61. The van der Waals surface area contributed by atoms with Gasteiger partial charge in [-0.1, -0.05) is 0 Å². The molecule has 6 heteroatoms. The summed E-state index contributed by atoms with van der Waals surface area (Å²) < 4.78 is 18.9. The van der Waals surface area contributed by atoms with E-state index in [1.54, 1.807) is 6.92 Å². The van der Waals surface area contributed by atoms with E-state index in [2.05, 4.69) is 10.6 Å². The summed E-state index contributed by atoms with van der Waals surface area (Å²) in [6.45, 7) is 1.80. The SMILES string of the molecule is CC1C[C@]2(NC(=O)NC2=O)c2cc(F)ccc2O1. The molecule has 0 bridgehead atoms. The first-order chi connectivity index (χ1) is 8.51. The third kappa shape index (κ3) is 1.38. The third-order valence-corrected chi connectivity index (χ3v) is 3.26. The average Bonchev–Trinajstić information content (AvgIpc) is 2.55. The van der Waals surface area contributed by atoms with Crippen LogP contribution in [0, 0.1) is 5.82 Å². The molecule has 0 aromatic heterocycles. The summed E-state index contributed by atoms with van der Waals surface area (Å²) in [4.78, 5) is 23.4. The molecule has 5 nitrogen and oxygen atoms in total. The molecule has 1 unspecified atom stereocenters. The van der Waals surface area contributed by atoms with E-state index < -0.39 is 23.3 Å². The second-order valence-corrected chi connectivity index (χ2v) is 4.59. The quantitative estimate of drug-likeness (QED) is 0.676. The first-order valence-electron chi connectivity index (χ1n) is 5.61. The van der Waals surface area contributed by atoms with E-state index in [0.29, 0.717) is 11.3 Å². The number of ether oxygens (including phenoxy) is 1. The summed E-state index contributed by atoms with van der Waals surface area (Å²) >= 11 is 0. The predicted molar refractivity (Wildman–Crippen MR) is 59.5 cm³/mol. The fourth-order valence-corrected chi connectivity index (χ4v) is 2.56. The maximum Gasteiger partial charge on any atom is 0.322 e. The molecule has 1 spiro atoms. The van der Waals surface area contributed by atoms with Crippen LogP contribution in [0.2, 0.25) is 0 Å². The van der Waals surface area contributed by atoms with Crippen molar-refractivity contribution in [3.63, 3.8) is 0 Å². The van der Waals surface area contributed by atoms with E-state index in [1.165, 1.54) is 18.2 Å². The lowest BCUT2D eigenvalue weighted by Gasteiger charge is -2.36. The molecule has 2 heterocycles. The van der Waals surface area contributed by atoms with Gasteiger partial charge in [0.25, 0.3) is 5.91 Å². The highest BCUT2D eigenvalue weighted by atomic mass is 19.1. The van der Waals surface area contributed by atoms with Gasteiger partial charge in [0.2, 0.25) is 0 Å². The van der Waals surface area contributed by atoms with Crippen molar-refractivity contribution in [3.8, 4) is 5.75 Å². The summed E-state index contributed by atoms with van der Waals surface area (Å²) in [6, 6.07) is 3.40. The number of urea groups is 1. The lowest BCUT2D eigenvalue weighted by molar-refractivity contribution is -0.126. The maximum absolute atomic E-state index is 13.4. The van der Waals surface area contributed by atoms with Crippen LogP contribution in [-0.2, 0) is 10.3 Å². The molecule has 3 amide bonds. The van der Waals surface area contributed by atoms with Crippen LogP contribution >= 0.6 is 0 Å². The largest absolute Gasteiger partial charge is 0.490 e. The van der Waals surface area contributed by atoms with Gasteiger partial charge in [-0.2, -0.15) is 0 Å². The number of carbonyl (C=O) groups excluding carboxylic acids is 2. The molecule has 1 aromatic carbocycles. The summed E-state index contributed by atoms with van der Waals surface area (Å²) in [7, 11) is 0. The molecule has 0 aliphatic carbocycles. The number of amides is 3. The van der Waals surface area contributed by atoms with Crippen molar-refractivity contribution in [1.29, 1.82) is 0 Å². The van der Waals surface area contributed by atoms with Crippen LogP contribution in [0.1, 0.15) is 18.9 Å². The molecule has 18 heavy (non-hydrogen) atoms. The van der Waals surface area contributed by atoms with Gasteiger partial charge in [0, 0.05) is 12.0 Å². The molecule has 2 atom stereocenters. The Morgan fingerprint density at radius 2 is 2.22 bits per heavy atom. The number of halogens is 1. The van der Waals surface area contributed by atoms with Gasteiger partial charge in [-0.25, -0.2) is 9.18 Å². The van der Waals surface area contributed by atoms with Crippen molar-refractivity contribution in [3.05, 3.63) is 29.6 Å². The van der Waals surface area contributed by atoms with Crippen molar-refractivity contribution < 1.29 is 18.7 Å². The molecule has 2 aliphatic heterocycles. The molecule has 94 valence electrons. The molecular formula is C12H11FN2O3. The molecule has 1 saturated heterocycles. The van der Waals surface area contributed by atoms with Crippen LogP contribution in [0.4, 0.5) is 9.18 Å². The van der Waals surface area contributed by atoms with Crippen LogP contribution in [0.3, 0.4) is 0 Å². The number of fused-ring (bicyclic) bond motifs is 2. The lowest BCUT2D eigenvalue weighted by Crippen LogP contribution is -2.49. The van der Waals surface area contributed by atoms with E-state index in [1.807, 2.05) is 0 Å². The molecular weight excluding hydrogens is 239 g/mol. The minimum absolute atomic E-state index is 0.243. The van der Waals surface area contributed by atoms with Gasteiger partial charge in [0.1, 0.15) is 11.6 Å². The Hall–Kier alpha value is -2.11. The van der Waals surface area contributed by atoms with Gasteiger partial charge in [-0.05, 0) is 25.1 Å². The van der Waals surface area contributed by atoms with Crippen LogP contribution < -0.4 is 15.4 Å². The van der Waals surface area contributed by atoms with Gasteiger partial charge >= 0.3 is 6.03 Å². The van der Waals surface area contributed by atoms with Crippen LogP contribution in [0.15, 0.2) is 18.2 Å². The van der Waals surface area contributed by atoms with Gasteiger partial charge < -0.3 is 10.1 Å². The van der Waals surface area contributed by atoms with Gasteiger partial charge in [0.15, 0.2) is 5.54 Å². The number of imide groups is 1. The lowest BCUT2D eigenvalue weighted by atomic mass is 9.82. The molecule has 0 saturated carbocycles. The third-order valence-electron chi connectivity index (χ3n) is 3.26. The Morgan fingerprint density at radius 3 is 2.89 bits per heavy atom. The standard InChI is InChI=1S/C12H11FN2O3/c1-6-5-12(10(16)14-11(17)15-12)8-4-7(13)2-3-9(8)18-6/h2-4,6H,5H2,1H3,(H2,14,15,16,17)/t6?,12-/m0/s1. The Balaban J connectivity index is 2.20. The molecule has 2 aliphatic rings. The summed E-state index contributed by atoms with van der Waals surface area (Å²) in [5, 5.41) is 4.78. The maximum atomic E-state index is 13.4. The zero-order chi connectivity index (χ0) is 12.9. The fraction of sp³-hybridized carbons (Fsp3) is 0.333. The van der Waals surface area contributed by atoms with Crippen LogP contribution in [0.25, 0.3) is 0 Å². The summed E-state index contributed by atoms with van der Waals surface area (Å²) in [5.41, 5.74) is -0.851. The van der Waals surface area contributed by atoms with Gasteiger partial charge in [0.05, 0.1) is 6.10 Å². The van der Waals surface area contributed by atoms with Crippen molar-refractivity contribution in [2.24, 2.45) is 0 Å².